The predicted molar refractivity (Wildman–Crippen MR) is 97.1 cm³/mol. The van der Waals surface area contributed by atoms with Crippen molar-refractivity contribution in [3.8, 4) is 0 Å². The molecule has 138 valence electrons. The Labute approximate surface area is 159 Å². The predicted octanol–water partition coefficient (Wildman–Crippen LogP) is 2.14. The van der Waals surface area contributed by atoms with Crippen LogP contribution in [0.3, 0.4) is 0 Å². The maximum atomic E-state index is 12.0. The second-order valence-electron chi connectivity index (χ2n) is 5.08. The monoisotopic (exact) mass is 416 g/mol. The minimum absolute atomic E-state index is 0.0248. The van der Waals surface area contributed by atoms with E-state index in [2.05, 4.69) is 5.43 Å². The van der Waals surface area contributed by atoms with Gasteiger partial charge in [-0.25, -0.2) is 18.6 Å². The molecule has 8 nitrogen and oxygen atoms in total. The SMILES string of the molecule is Cc1ccc(S(=O)(=O)NNC(=O)NNC(=O)c2ccc(Cl)c(Cl)c2)cc1. The van der Waals surface area contributed by atoms with E-state index in [1.54, 1.807) is 12.1 Å². The number of carbonyl (C=O) groups is 2. The first-order valence-corrected chi connectivity index (χ1v) is 9.33. The van der Waals surface area contributed by atoms with Gasteiger partial charge in [-0.3, -0.25) is 15.6 Å². The highest BCUT2D eigenvalue weighted by Crippen LogP contribution is 2.22. The first kappa shape index (κ1) is 20.0. The van der Waals surface area contributed by atoms with Crippen molar-refractivity contribution in [2.45, 2.75) is 11.8 Å². The summed E-state index contributed by atoms with van der Waals surface area (Å²) in [5.41, 5.74) is 7.04. The summed E-state index contributed by atoms with van der Waals surface area (Å²) in [6.45, 7) is 1.81. The summed E-state index contributed by atoms with van der Waals surface area (Å²) < 4.78 is 24.0. The van der Waals surface area contributed by atoms with Crippen molar-refractivity contribution < 1.29 is 18.0 Å². The summed E-state index contributed by atoms with van der Waals surface area (Å²) in [5.74, 6) is -0.667. The van der Waals surface area contributed by atoms with Crippen LogP contribution in [0.2, 0.25) is 10.0 Å². The Balaban J connectivity index is 1.87. The van der Waals surface area contributed by atoms with Gasteiger partial charge in [0.25, 0.3) is 15.9 Å². The number of halogens is 2. The van der Waals surface area contributed by atoms with E-state index in [-0.39, 0.29) is 20.5 Å². The van der Waals surface area contributed by atoms with Gasteiger partial charge < -0.3 is 0 Å². The van der Waals surface area contributed by atoms with E-state index in [0.717, 1.165) is 5.56 Å². The summed E-state index contributed by atoms with van der Waals surface area (Å²) in [6.07, 6.45) is 0. The Kier molecular flexibility index (Phi) is 6.43. The van der Waals surface area contributed by atoms with Crippen LogP contribution < -0.4 is 21.1 Å². The molecular weight excluding hydrogens is 403 g/mol. The molecule has 0 spiro atoms. The highest BCUT2D eigenvalue weighted by atomic mass is 35.5. The van der Waals surface area contributed by atoms with Crippen molar-refractivity contribution in [2.24, 2.45) is 0 Å². The number of carbonyl (C=O) groups excluding carboxylic acids is 2. The van der Waals surface area contributed by atoms with Crippen LogP contribution in [-0.4, -0.2) is 20.4 Å². The molecule has 2 rings (SSSR count). The largest absolute Gasteiger partial charge is 0.348 e. The average molecular weight is 417 g/mol. The second-order valence-corrected chi connectivity index (χ2v) is 7.58. The zero-order valence-corrected chi connectivity index (χ0v) is 15.7. The molecular formula is C15H14Cl2N4O4S. The number of sulfonamides is 1. The molecule has 2 aromatic carbocycles. The van der Waals surface area contributed by atoms with E-state index in [0.29, 0.717) is 0 Å². The van der Waals surface area contributed by atoms with Crippen molar-refractivity contribution in [2.75, 3.05) is 0 Å². The minimum atomic E-state index is -3.94. The Hall–Kier alpha value is -2.33. The lowest BCUT2D eigenvalue weighted by molar-refractivity contribution is 0.0936. The fourth-order valence-corrected chi connectivity index (χ4v) is 2.88. The van der Waals surface area contributed by atoms with Crippen molar-refractivity contribution in [1.29, 1.82) is 0 Å². The molecule has 11 heteroatoms. The van der Waals surface area contributed by atoms with Crippen LogP contribution in [0.1, 0.15) is 15.9 Å². The topological polar surface area (TPSA) is 116 Å². The van der Waals surface area contributed by atoms with Crippen LogP contribution in [0.5, 0.6) is 0 Å². The first-order valence-electron chi connectivity index (χ1n) is 7.09. The number of urea groups is 1. The average Bonchev–Trinajstić information content (AvgIpc) is 2.60. The Morgan fingerprint density at radius 2 is 1.54 bits per heavy atom. The number of aryl methyl sites for hydroxylation is 1. The number of amides is 3. The van der Waals surface area contributed by atoms with Crippen molar-refractivity contribution in [1.82, 2.24) is 21.1 Å². The minimum Gasteiger partial charge on any atom is -0.267 e. The molecule has 0 aliphatic carbocycles. The van der Waals surface area contributed by atoms with Gasteiger partial charge >= 0.3 is 6.03 Å². The molecule has 0 fully saturated rings. The van der Waals surface area contributed by atoms with E-state index in [4.69, 9.17) is 23.2 Å². The normalized spacial score (nSPS) is 10.9. The fraction of sp³-hybridized carbons (Fsp3) is 0.0667. The van der Waals surface area contributed by atoms with Gasteiger partial charge in [0.1, 0.15) is 0 Å². The molecule has 2 aromatic rings. The van der Waals surface area contributed by atoms with E-state index in [9.17, 15) is 18.0 Å². The van der Waals surface area contributed by atoms with E-state index in [1.807, 2.05) is 22.6 Å². The lowest BCUT2D eigenvalue weighted by Gasteiger charge is -2.11. The second kappa shape index (κ2) is 8.37. The van der Waals surface area contributed by atoms with E-state index < -0.39 is 22.0 Å². The molecule has 4 N–H and O–H groups in total. The maximum Gasteiger partial charge on any atom is 0.348 e. The van der Waals surface area contributed by atoms with Crippen molar-refractivity contribution in [3.63, 3.8) is 0 Å². The molecule has 0 radical (unpaired) electrons. The number of nitrogens with one attached hydrogen (secondary N) is 4. The number of rotatable bonds is 4. The van der Waals surface area contributed by atoms with Gasteiger partial charge in [-0.15, -0.1) is 4.83 Å². The first-order chi connectivity index (χ1) is 12.2. The summed E-state index contributed by atoms with van der Waals surface area (Å²) in [7, 11) is -3.94. The van der Waals surface area contributed by atoms with Crippen LogP contribution in [0.25, 0.3) is 0 Å². The molecule has 0 heterocycles. The highest BCUT2D eigenvalue weighted by Gasteiger charge is 2.15. The lowest BCUT2D eigenvalue weighted by Crippen LogP contribution is -2.52. The molecule has 0 aromatic heterocycles. The fourth-order valence-electron chi connectivity index (χ4n) is 1.74. The molecule has 3 amide bonds. The zero-order valence-electron chi connectivity index (χ0n) is 13.3. The maximum absolute atomic E-state index is 12.0. The number of hydrazine groups is 2. The summed E-state index contributed by atoms with van der Waals surface area (Å²) in [5, 5.41) is 0.453. The standard InChI is InChI=1S/C15H14Cl2N4O4S/c1-9-2-5-11(6-3-9)26(24,25)21-20-15(23)19-18-14(22)10-4-7-12(16)13(17)8-10/h2-8,21H,1H3,(H,18,22)(H2,19,20,23). The smallest absolute Gasteiger partial charge is 0.267 e. The molecule has 26 heavy (non-hydrogen) atoms. The number of benzene rings is 2. The highest BCUT2D eigenvalue weighted by molar-refractivity contribution is 7.89. The molecule has 0 bridgehead atoms. The summed E-state index contributed by atoms with van der Waals surface area (Å²) >= 11 is 11.5. The van der Waals surface area contributed by atoms with Crippen molar-refractivity contribution >= 4 is 45.2 Å². The number of hydrogen-bond acceptors (Lipinski definition) is 4. The molecule has 0 atom stereocenters. The van der Waals surface area contributed by atoms with Gasteiger partial charge in [-0.1, -0.05) is 40.9 Å². The third-order valence-corrected chi connectivity index (χ3v) is 5.10. The summed E-state index contributed by atoms with van der Waals surface area (Å²) in [6, 6.07) is 9.18. The van der Waals surface area contributed by atoms with Gasteiger partial charge in [0.05, 0.1) is 14.9 Å². The lowest BCUT2D eigenvalue weighted by atomic mass is 10.2. The molecule has 0 saturated heterocycles. The Morgan fingerprint density at radius 1 is 0.885 bits per heavy atom. The third-order valence-electron chi connectivity index (χ3n) is 3.10. The van der Waals surface area contributed by atoms with Crippen LogP contribution in [0.15, 0.2) is 47.4 Å². The Morgan fingerprint density at radius 3 is 2.15 bits per heavy atom. The molecule has 0 saturated carbocycles. The number of hydrogen-bond donors (Lipinski definition) is 4. The van der Waals surface area contributed by atoms with Crippen LogP contribution in [0.4, 0.5) is 4.79 Å². The van der Waals surface area contributed by atoms with Crippen LogP contribution >= 0.6 is 23.2 Å². The van der Waals surface area contributed by atoms with Crippen molar-refractivity contribution in [3.05, 3.63) is 63.6 Å². The zero-order chi connectivity index (χ0) is 19.3. The van der Waals surface area contributed by atoms with E-state index in [1.165, 1.54) is 30.3 Å². The molecule has 0 aliphatic rings. The van der Waals surface area contributed by atoms with E-state index >= 15 is 0 Å². The van der Waals surface area contributed by atoms with Crippen LogP contribution in [-0.2, 0) is 10.0 Å². The third kappa shape index (κ3) is 5.33. The quantitative estimate of drug-likeness (QED) is 0.571. The van der Waals surface area contributed by atoms with Gasteiger partial charge in [0.15, 0.2) is 0 Å². The molecule has 0 unspecified atom stereocenters. The Bertz CT molecular complexity index is 933. The van der Waals surface area contributed by atoms with Gasteiger partial charge in [-0.2, -0.15) is 0 Å². The summed E-state index contributed by atoms with van der Waals surface area (Å²) in [4.78, 5) is 25.4. The van der Waals surface area contributed by atoms with Crippen LogP contribution in [0, 0.1) is 6.92 Å². The van der Waals surface area contributed by atoms with Gasteiger partial charge in [0.2, 0.25) is 0 Å². The van der Waals surface area contributed by atoms with Gasteiger partial charge in [-0.05, 0) is 37.3 Å². The van der Waals surface area contributed by atoms with Gasteiger partial charge in [0, 0.05) is 5.56 Å². The molecule has 0 aliphatic heterocycles.